The smallest absolute Gasteiger partial charge is 0.303 e. The molecule has 0 aliphatic rings. The summed E-state index contributed by atoms with van der Waals surface area (Å²) < 4.78 is 5.52. The van der Waals surface area contributed by atoms with Gasteiger partial charge in [-0.3, -0.25) is 4.79 Å². The normalized spacial score (nSPS) is 11.6. The highest BCUT2D eigenvalue weighted by Gasteiger charge is 2.16. The summed E-state index contributed by atoms with van der Waals surface area (Å²) in [5.41, 5.74) is 4.61. The third-order valence-electron chi connectivity index (χ3n) is 3.78. The van der Waals surface area contributed by atoms with E-state index in [-0.39, 0.29) is 12.1 Å². The molecule has 0 rings (SSSR count). The molecule has 1 unspecified atom stereocenters. The molecule has 0 aromatic carbocycles. The van der Waals surface area contributed by atoms with Crippen molar-refractivity contribution in [2.75, 3.05) is 0 Å². The maximum Gasteiger partial charge on any atom is 0.303 e. The van der Waals surface area contributed by atoms with E-state index >= 15 is 0 Å². The van der Waals surface area contributed by atoms with E-state index in [2.05, 4.69) is 32.6 Å². The van der Waals surface area contributed by atoms with Crippen LogP contribution in [-0.4, -0.2) is 12.1 Å². The summed E-state index contributed by atoms with van der Waals surface area (Å²) in [6, 6.07) is 0. The Balaban J connectivity index is 4.58. The van der Waals surface area contributed by atoms with Crippen molar-refractivity contribution in [2.45, 2.75) is 104 Å². The van der Waals surface area contributed by atoms with Crippen molar-refractivity contribution in [3.8, 4) is 0 Å². The van der Waals surface area contributed by atoms with Crippen molar-refractivity contribution in [1.82, 2.24) is 0 Å². The first-order chi connectivity index (χ1) is 10.7. The van der Waals surface area contributed by atoms with Gasteiger partial charge < -0.3 is 4.74 Å². The second-order valence-electron chi connectivity index (χ2n) is 6.07. The van der Waals surface area contributed by atoms with Crippen LogP contribution in [0, 0.1) is 0 Å². The van der Waals surface area contributed by atoms with Crippen molar-refractivity contribution in [3.63, 3.8) is 0 Å². The fraction of sp³-hybridized carbons (Fsp3) is 0.800. The van der Waals surface area contributed by atoms with Gasteiger partial charge in [-0.05, 0) is 38.2 Å². The zero-order valence-electron chi connectivity index (χ0n) is 15.2. The first-order valence-corrected chi connectivity index (χ1v) is 9.26. The van der Waals surface area contributed by atoms with E-state index in [1.807, 2.05) is 0 Å². The SMILES string of the molecule is CCCCCCCC=C=C(CCC)C(CCCC)OC(C)=O. The van der Waals surface area contributed by atoms with Gasteiger partial charge in [0.05, 0.1) is 0 Å². The van der Waals surface area contributed by atoms with E-state index in [0.29, 0.717) is 0 Å². The van der Waals surface area contributed by atoms with Gasteiger partial charge in [0, 0.05) is 12.5 Å². The van der Waals surface area contributed by atoms with Crippen LogP contribution >= 0.6 is 0 Å². The molecule has 0 amide bonds. The Morgan fingerprint density at radius 1 is 1.00 bits per heavy atom. The Morgan fingerprint density at radius 2 is 1.68 bits per heavy atom. The largest absolute Gasteiger partial charge is 0.457 e. The van der Waals surface area contributed by atoms with E-state index < -0.39 is 0 Å². The molecule has 0 bridgehead atoms. The number of ether oxygens (including phenoxy) is 1. The van der Waals surface area contributed by atoms with E-state index in [4.69, 9.17) is 4.74 Å². The molecule has 0 aromatic rings. The fourth-order valence-corrected chi connectivity index (χ4v) is 2.54. The van der Waals surface area contributed by atoms with E-state index in [0.717, 1.165) is 38.5 Å². The van der Waals surface area contributed by atoms with Crippen molar-refractivity contribution >= 4 is 5.97 Å². The minimum atomic E-state index is -0.184. The van der Waals surface area contributed by atoms with Crippen LogP contribution < -0.4 is 0 Å². The molecule has 0 N–H and O–H groups in total. The lowest BCUT2D eigenvalue weighted by atomic mass is 10.00. The van der Waals surface area contributed by atoms with Crippen LogP contribution in [0.25, 0.3) is 0 Å². The van der Waals surface area contributed by atoms with Gasteiger partial charge >= 0.3 is 5.97 Å². The molecule has 0 spiro atoms. The minimum absolute atomic E-state index is 0.0752. The van der Waals surface area contributed by atoms with Crippen LogP contribution in [0.1, 0.15) is 98.3 Å². The lowest BCUT2D eigenvalue weighted by Crippen LogP contribution is -2.18. The van der Waals surface area contributed by atoms with Gasteiger partial charge in [-0.2, -0.15) is 0 Å². The van der Waals surface area contributed by atoms with E-state index in [1.54, 1.807) is 0 Å². The third kappa shape index (κ3) is 11.6. The van der Waals surface area contributed by atoms with E-state index in [1.165, 1.54) is 44.6 Å². The molecule has 2 heteroatoms. The predicted molar refractivity (Wildman–Crippen MR) is 95.0 cm³/mol. The second kappa shape index (κ2) is 14.9. The molecule has 22 heavy (non-hydrogen) atoms. The first kappa shape index (κ1) is 21.0. The Bertz CT molecular complexity index is 338. The lowest BCUT2D eigenvalue weighted by molar-refractivity contribution is -0.145. The van der Waals surface area contributed by atoms with Crippen molar-refractivity contribution in [3.05, 3.63) is 17.4 Å². The number of carbonyl (C=O) groups excluding carboxylic acids is 1. The van der Waals surface area contributed by atoms with Gasteiger partial charge in [0.1, 0.15) is 6.10 Å². The topological polar surface area (TPSA) is 26.3 Å². The van der Waals surface area contributed by atoms with Crippen LogP contribution in [0.15, 0.2) is 17.4 Å². The molecule has 0 fully saturated rings. The van der Waals surface area contributed by atoms with Crippen molar-refractivity contribution in [1.29, 1.82) is 0 Å². The van der Waals surface area contributed by atoms with Gasteiger partial charge in [0.2, 0.25) is 0 Å². The molecular weight excluding hydrogens is 272 g/mol. The van der Waals surface area contributed by atoms with E-state index in [9.17, 15) is 4.79 Å². The Hall–Kier alpha value is -1.01. The summed E-state index contributed by atoms with van der Waals surface area (Å²) in [4.78, 5) is 11.3. The van der Waals surface area contributed by atoms with Crippen molar-refractivity contribution < 1.29 is 9.53 Å². The van der Waals surface area contributed by atoms with Crippen molar-refractivity contribution in [2.24, 2.45) is 0 Å². The van der Waals surface area contributed by atoms with Gasteiger partial charge in [-0.15, -0.1) is 5.73 Å². The van der Waals surface area contributed by atoms with Crippen LogP contribution in [-0.2, 0) is 9.53 Å². The quantitative estimate of drug-likeness (QED) is 0.225. The lowest BCUT2D eigenvalue weighted by Gasteiger charge is -2.18. The Labute approximate surface area is 138 Å². The number of hydrogen-bond donors (Lipinski definition) is 0. The van der Waals surface area contributed by atoms with Gasteiger partial charge in [0.15, 0.2) is 0 Å². The number of unbranched alkanes of at least 4 members (excludes halogenated alkanes) is 6. The van der Waals surface area contributed by atoms with Crippen LogP contribution in [0.5, 0.6) is 0 Å². The summed E-state index contributed by atoms with van der Waals surface area (Å²) in [5, 5.41) is 0. The van der Waals surface area contributed by atoms with Gasteiger partial charge in [-0.1, -0.05) is 59.3 Å². The number of esters is 1. The zero-order valence-corrected chi connectivity index (χ0v) is 15.2. The molecule has 0 radical (unpaired) electrons. The molecule has 0 aliphatic heterocycles. The first-order valence-electron chi connectivity index (χ1n) is 9.26. The monoisotopic (exact) mass is 308 g/mol. The summed E-state index contributed by atoms with van der Waals surface area (Å²) in [7, 11) is 0. The maximum absolute atomic E-state index is 11.3. The Morgan fingerprint density at radius 3 is 2.27 bits per heavy atom. The molecule has 0 aromatic heterocycles. The molecule has 0 saturated carbocycles. The number of hydrogen-bond acceptors (Lipinski definition) is 2. The third-order valence-corrected chi connectivity index (χ3v) is 3.78. The second-order valence-corrected chi connectivity index (χ2v) is 6.07. The highest BCUT2D eigenvalue weighted by atomic mass is 16.5. The molecule has 0 saturated heterocycles. The minimum Gasteiger partial charge on any atom is -0.457 e. The molecule has 2 nitrogen and oxygen atoms in total. The molecule has 1 atom stereocenters. The molecule has 128 valence electrons. The van der Waals surface area contributed by atoms with Gasteiger partial charge in [-0.25, -0.2) is 0 Å². The summed E-state index contributed by atoms with van der Waals surface area (Å²) in [6.07, 6.45) is 14.8. The maximum atomic E-state index is 11.3. The molecular formula is C20H36O2. The van der Waals surface area contributed by atoms with Gasteiger partial charge in [0.25, 0.3) is 0 Å². The highest BCUT2D eigenvalue weighted by Crippen LogP contribution is 2.19. The zero-order chi connectivity index (χ0) is 16.6. The van der Waals surface area contributed by atoms with Crippen LogP contribution in [0.4, 0.5) is 0 Å². The standard InChI is InChI=1S/C20H36O2/c1-5-8-10-11-12-13-14-16-19(15-7-3)20(17-9-6-2)22-18(4)21/h14,20H,5-13,15,17H2,1-4H3. The summed E-state index contributed by atoms with van der Waals surface area (Å²) in [6.45, 7) is 8.07. The summed E-state index contributed by atoms with van der Waals surface area (Å²) in [5.74, 6) is -0.184. The predicted octanol–water partition coefficient (Wildman–Crippen LogP) is 6.35. The summed E-state index contributed by atoms with van der Waals surface area (Å²) >= 11 is 0. The number of rotatable bonds is 13. The fourth-order valence-electron chi connectivity index (χ4n) is 2.54. The molecule has 0 heterocycles. The molecule has 0 aliphatic carbocycles. The highest BCUT2D eigenvalue weighted by molar-refractivity contribution is 5.66. The average Bonchev–Trinajstić information content (AvgIpc) is 2.49. The Kier molecular flexibility index (Phi) is 14.2. The number of carbonyl (C=O) groups is 1. The van der Waals surface area contributed by atoms with Crippen LogP contribution in [0.3, 0.4) is 0 Å². The average molecular weight is 309 g/mol. The van der Waals surface area contributed by atoms with Crippen LogP contribution in [0.2, 0.25) is 0 Å².